The summed E-state index contributed by atoms with van der Waals surface area (Å²) in [6.45, 7) is 0. The van der Waals surface area contributed by atoms with Gasteiger partial charge in [0.1, 0.15) is 5.56 Å². The van der Waals surface area contributed by atoms with Crippen LogP contribution in [0.2, 0.25) is 5.02 Å². The van der Waals surface area contributed by atoms with Crippen LogP contribution >= 0.6 is 11.6 Å². The molecule has 1 aromatic rings. The molecule has 0 aromatic carbocycles. The maximum atomic E-state index is 10.5. The van der Waals surface area contributed by atoms with E-state index in [0.717, 1.165) is 0 Å². The standard InChI is InChI=1S/C6H6ClN3O2/c7-3-1-4(6(11)12)5(10-8)9-2-3/h1-2H,8H2,(H,9,10)(H,11,12). The number of aromatic nitrogens is 1. The Hall–Kier alpha value is -1.33. The molecule has 0 aliphatic heterocycles. The first-order valence-electron chi connectivity index (χ1n) is 3.00. The van der Waals surface area contributed by atoms with Gasteiger partial charge in [-0.05, 0) is 6.07 Å². The van der Waals surface area contributed by atoms with Crippen molar-refractivity contribution in [1.82, 2.24) is 4.98 Å². The molecular weight excluding hydrogens is 182 g/mol. The lowest BCUT2D eigenvalue weighted by molar-refractivity contribution is 0.0697. The maximum Gasteiger partial charge on any atom is 0.339 e. The largest absolute Gasteiger partial charge is 0.478 e. The fourth-order valence-electron chi connectivity index (χ4n) is 0.717. The van der Waals surface area contributed by atoms with Crippen molar-refractivity contribution in [3.63, 3.8) is 0 Å². The van der Waals surface area contributed by atoms with E-state index in [1.165, 1.54) is 12.3 Å². The van der Waals surface area contributed by atoms with Crippen LogP contribution in [0.1, 0.15) is 10.4 Å². The monoisotopic (exact) mass is 187 g/mol. The second kappa shape index (κ2) is 3.38. The molecule has 0 aliphatic rings. The van der Waals surface area contributed by atoms with Gasteiger partial charge < -0.3 is 10.5 Å². The van der Waals surface area contributed by atoms with E-state index in [1.807, 2.05) is 0 Å². The van der Waals surface area contributed by atoms with Crippen molar-refractivity contribution in [2.45, 2.75) is 0 Å². The quantitative estimate of drug-likeness (QED) is 0.469. The summed E-state index contributed by atoms with van der Waals surface area (Å²) >= 11 is 5.52. The summed E-state index contributed by atoms with van der Waals surface area (Å²) in [7, 11) is 0. The molecule has 0 atom stereocenters. The number of nitrogens with zero attached hydrogens (tertiary/aromatic N) is 1. The Balaban J connectivity index is 3.21. The average molecular weight is 188 g/mol. The van der Waals surface area contributed by atoms with E-state index in [9.17, 15) is 4.79 Å². The van der Waals surface area contributed by atoms with Crippen molar-refractivity contribution in [2.75, 3.05) is 5.43 Å². The minimum Gasteiger partial charge on any atom is -0.478 e. The molecule has 4 N–H and O–H groups in total. The number of rotatable bonds is 2. The van der Waals surface area contributed by atoms with Gasteiger partial charge >= 0.3 is 5.97 Å². The number of nitrogens with one attached hydrogen (secondary N) is 1. The second-order valence-electron chi connectivity index (χ2n) is 2.00. The Bertz CT molecular complexity index is 316. The predicted molar refractivity (Wildman–Crippen MR) is 44.0 cm³/mol. The Kier molecular flexibility index (Phi) is 2.47. The first kappa shape index (κ1) is 8.76. The molecule has 0 saturated carbocycles. The molecule has 0 fully saturated rings. The fourth-order valence-corrected chi connectivity index (χ4v) is 0.875. The average Bonchev–Trinajstić information content (AvgIpc) is 2.04. The highest BCUT2D eigenvalue weighted by Crippen LogP contribution is 2.16. The van der Waals surface area contributed by atoms with E-state index < -0.39 is 5.97 Å². The topological polar surface area (TPSA) is 88.2 Å². The summed E-state index contributed by atoms with van der Waals surface area (Å²) in [4.78, 5) is 14.2. The second-order valence-corrected chi connectivity index (χ2v) is 2.44. The summed E-state index contributed by atoms with van der Waals surface area (Å²) in [6.07, 6.45) is 1.31. The van der Waals surface area contributed by atoms with E-state index in [4.69, 9.17) is 22.6 Å². The van der Waals surface area contributed by atoms with Crippen LogP contribution in [0, 0.1) is 0 Å². The van der Waals surface area contributed by atoms with Gasteiger partial charge in [0.15, 0.2) is 5.82 Å². The first-order chi connectivity index (χ1) is 5.65. The summed E-state index contributed by atoms with van der Waals surface area (Å²) in [5.41, 5.74) is 2.10. The van der Waals surface area contributed by atoms with Crippen LogP contribution in [0.3, 0.4) is 0 Å². The third-order valence-electron chi connectivity index (χ3n) is 1.22. The molecule has 12 heavy (non-hydrogen) atoms. The van der Waals surface area contributed by atoms with Gasteiger partial charge in [-0.2, -0.15) is 0 Å². The third-order valence-corrected chi connectivity index (χ3v) is 1.43. The minimum atomic E-state index is -1.13. The van der Waals surface area contributed by atoms with E-state index in [0.29, 0.717) is 0 Å². The SMILES string of the molecule is NNc1ncc(Cl)cc1C(=O)O. The van der Waals surface area contributed by atoms with Crippen LogP contribution in [-0.2, 0) is 0 Å². The van der Waals surface area contributed by atoms with E-state index >= 15 is 0 Å². The van der Waals surface area contributed by atoms with Crippen LogP contribution in [0.5, 0.6) is 0 Å². The van der Waals surface area contributed by atoms with Gasteiger partial charge in [-0.1, -0.05) is 11.6 Å². The molecule has 0 unspecified atom stereocenters. The van der Waals surface area contributed by atoms with Crippen molar-refractivity contribution < 1.29 is 9.90 Å². The molecule has 0 radical (unpaired) electrons. The van der Waals surface area contributed by atoms with Gasteiger partial charge in [-0.25, -0.2) is 15.6 Å². The number of carbonyl (C=O) groups is 1. The Morgan fingerprint density at radius 1 is 1.75 bits per heavy atom. The lowest BCUT2D eigenvalue weighted by atomic mass is 10.2. The maximum absolute atomic E-state index is 10.5. The van der Waals surface area contributed by atoms with Crippen molar-refractivity contribution in [1.29, 1.82) is 0 Å². The Morgan fingerprint density at radius 3 is 2.92 bits per heavy atom. The van der Waals surface area contributed by atoms with Crippen LogP contribution in [0.15, 0.2) is 12.3 Å². The molecule has 0 bridgehead atoms. The molecule has 0 spiro atoms. The summed E-state index contributed by atoms with van der Waals surface area (Å²) < 4.78 is 0. The van der Waals surface area contributed by atoms with Crippen LogP contribution < -0.4 is 11.3 Å². The highest BCUT2D eigenvalue weighted by atomic mass is 35.5. The number of nitrogen functional groups attached to an aromatic ring is 1. The third kappa shape index (κ3) is 1.63. The Labute approximate surface area is 73.1 Å². The van der Waals surface area contributed by atoms with Gasteiger partial charge in [-0.3, -0.25) is 0 Å². The molecule has 5 nitrogen and oxygen atoms in total. The number of hydrogen-bond acceptors (Lipinski definition) is 4. The molecule has 1 heterocycles. The zero-order valence-electron chi connectivity index (χ0n) is 5.91. The number of carboxylic acid groups (broad SMARTS) is 1. The van der Waals surface area contributed by atoms with Crippen molar-refractivity contribution in [3.05, 3.63) is 22.8 Å². The number of pyridine rings is 1. The minimum absolute atomic E-state index is 0.0509. The highest BCUT2D eigenvalue weighted by molar-refractivity contribution is 6.30. The smallest absolute Gasteiger partial charge is 0.339 e. The van der Waals surface area contributed by atoms with E-state index in [1.54, 1.807) is 0 Å². The number of hydrogen-bond donors (Lipinski definition) is 3. The van der Waals surface area contributed by atoms with Gasteiger partial charge in [0.2, 0.25) is 0 Å². The summed E-state index contributed by atoms with van der Waals surface area (Å²) in [6, 6.07) is 1.27. The van der Waals surface area contributed by atoms with Gasteiger partial charge in [0.05, 0.1) is 5.02 Å². The molecule has 0 saturated heterocycles. The van der Waals surface area contributed by atoms with E-state index in [-0.39, 0.29) is 16.4 Å². The fraction of sp³-hybridized carbons (Fsp3) is 0. The van der Waals surface area contributed by atoms with Crippen molar-refractivity contribution in [3.8, 4) is 0 Å². The normalized spacial score (nSPS) is 9.50. The highest BCUT2D eigenvalue weighted by Gasteiger charge is 2.10. The lowest BCUT2D eigenvalue weighted by Crippen LogP contribution is -2.13. The number of carboxylic acids is 1. The van der Waals surface area contributed by atoms with E-state index in [2.05, 4.69) is 10.4 Å². The molecule has 0 amide bonds. The number of anilines is 1. The molecule has 64 valence electrons. The lowest BCUT2D eigenvalue weighted by Gasteiger charge is -2.02. The zero-order chi connectivity index (χ0) is 9.14. The van der Waals surface area contributed by atoms with Gasteiger partial charge in [0, 0.05) is 6.20 Å². The number of halogens is 1. The number of hydrazine groups is 1. The van der Waals surface area contributed by atoms with Crippen molar-refractivity contribution >= 4 is 23.4 Å². The van der Waals surface area contributed by atoms with Crippen LogP contribution in [0.4, 0.5) is 5.82 Å². The van der Waals surface area contributed by atoms with Crippen LogP contribution in [0.25, 0.3) is 0 Å². The van der Waals surface area contributed by atoms with Gasteiger partial charge in [-0.15, -0.1) is 0 Å². The van der Waals surface area contributed by atoms with Gasteiger partial charge in [0.25, 0.3) is 0 Å². The Morgan fingerprint density at radius 2 is 2.42 bits per heavy atom. The molecule has 6 heteroatoms. The predicted octanol–water partition coefficient (Wildman–Crippen LogP) is 0.719. The molecule has 0 aliphatic carbocycles. The zero-order valence-corrected chi connectivity index (χ0v) is 6.67. The number of aromatic carboxylic acids is 1. The first-order valence-corrected chi connectivity index (χ1v) is 3.38. The summed E-state index contributed by atoms with van der Waals surface area (Å²) in [5, 5.41) is 8.88. The van der Waals surface area contributed by atoms with Crippen LogP contribution in [-0.4, -0.2) is 16.1 Å². The molecule has 1 rings (SSSR count). The molecule has 1 aromatic heterocycles. The molecular formula is C6H6ClN3O2. The van der Waals surface area contributed by atoms with Crippen molar-refractivity contribution in [2.24, 2.45) is 5.84 Å². The summed E-state index contributed by atoms with van der Waals surface area (Å²) in [5.74, 6) is 3.98. The number of nitrogens with two attached hydrogens (primary N) is 1.